The Labute approximate surface area is 368 Å². The number of fused-ring (bicyclic) bond motifs is 1. The van der Waals surface area contributed by atoms with E-state index in [4.69, 9.17) is 15.0 Å². The average Bonchev–Trinajstić information content (AvgIpc) is 3.32. The van der Waals surface area contributed by atoms with Crippen LogP contribution in [0.15, 0.2) is 212 Å². The van der Waals surface area contributed by atoms with Gasteiger partial charge < -0.3 is 0 Å². The Morgan fingerprint density at radius 1 is 0.288 bits per heavy atom. The van der Waals surface area contributed by atoms with Crippen LogP contribution in [0.3, 0.4) is 0 Å². The van der Waals surface area contributed by atoms with Gasteiger partial charge in [-0.1, -0.05) is 170 Å². The van der Waals surface area contributed by atoms with Crippen molar-refractivity contribution >= 4 is 10.8 Å². The molecule has 10 rings (SSSR count). The van der Waals surface area contributed by atoms with Crippen molar-refractivity contribution in [3.05, 3.63) is 224 Å². The van der Waals surface area contributed by atoms with Gasteiger partial charge in [-0.15, -0.1) is 29.3 Å². The Kier molecular flexibility index (Phi) is 10.9. The third-order valence-electron chi connectivity index (χ3n) is 10.6. The largest absolute Gasteiger partial charge is 2.00 e. The minimum atomic E-state index is 0. The monoisotopic (exact) mass is 975 g/mol. The predicted molar refractivity (Wildman–Crippen MR) is 238 cm³/mol. The van der Waals surface area contributed by atoms with E-state index in [9.17, 15) is 0 Å². The molecule has 59 heavy (non-hydrogen) atoms. The second-order valence-corrected chi connectivity index (χ2v) is 14.2. The van der Waals surface area contributed by atoms with E-state index >= 15 is 0 Å². The molecular formula is C55H35N3U. The van der Waals surface area contributed by atoms with Gasteiger partial charge in [-0.25, -0.2) is 26.1 Å². The molecule has 4 heteroatoms. The molecule has 0 atom stereocenters. The van der Waals surface area contributed by atoms with E-state index in [0.29, 0.717) is 17.5 Å². The van der Waals surface area contributed by atoms with Crippen LogP contribution in [0.5, 0.6) is 0 Å². The zero-order valence-corrected chi connectivity index (χ0v) is 36.2. The summed E-state index contributed by atoms with van der Waals surface area (Å²) >= 11 is 0. The molecule has 0 spiro atoms. The molecule has 1 aromatic heterocycles. The summed E-state index contributed by atoms with van der Waals surface area (Å²) in [7, 11) is 0. The summed E-state index contributed by atoms with van der Waals surface area (Å²) in [6.45, 7) is 0. The molecule has 3 nitrogen and oxygen atoms in total. The smallest absolute Gasteiger partial charge is 0.225 e. The van der Waals surface area contributed by atoms with Crippen molar-refractivity contribution in [2.75, 3.05) is 0 Å². The third kappa shape index (κ3) is 7.82. The Morgan fingerprint density at radius 2 is 0.763 bits per heavy atom. The molecule has 0 radical (unpaired) electrons. The van der Waals surface area contributed by atoms with Crippen molar-refractivity contribution in [1.29, 1.82) is 0 Å². The number of aromatic nitrogens is 3. The van der Waals surface area contributed by atoms with Crippen LogP contribution in [-0.4, -0.2) is 15.0 Å². The summed E-state index contributed by atoms with van der Waals surface area (Å²) in [5, 5.41) is 2.39. The zero-order chi connectivity index (χ0) is 38.7. The summed E-state index contributed by atoms with van der Waals surface area (Å²) in [5.74, 6) is 1.80. The Morgan fingerprint density at radius 3 is 1.41 bits per heavy atom. The van der Waals surface area contributed by atoms with E-state index in [1.54, 1.807) is 0 Å². The second kappa shape index (κ2) is 17.0. The minimum absolute atomic E-state index is 0. The summed E-state index contributed by atoms with van der Waals surface area (Å²) < 4.78 is 0. The van der Waals surface area contributed by atoms with E-state index < -0.39 is 0 Å². The Balaban J connectivity index is 0.00000449. The van der Waals surface area contributed by atoms with Gasteiger partial charge in [0.15, 0.2) is 11.6 Å². The number of hydrogen-bond donors (Lipinski definition) is 0. The van der Waals surface area contributed by atoms with Crippen LogP contribution >= 0.6 is 0 Å². The van der Waals surface area contributed by atoms with E-state index in [-0.39, 0.29) is 31.1 Å². The maximum atomic E-state index is 5.12. The standard InChI is InChI=1S/C55H35N3.U/c1-4-16-38(17-5-1)40-30-32-42(33-31-40)54-56-53(41-20-8-3-9-21-41)57-55(58-54)52-29-13-10-26-47(52)45-24-15-25-46(37-45)49-35-34-48(50-27-11-12-28-51(49)50)44-23-14-22-43(36-44)39-18-6-2-7-19-39;/h1-23,25,27-37H;/q-2;+2. The maximum Gasteiger partial charge on any atom is 2.00 e. The molecule has 9 aromatic carbocycles. The molecule has 10 aromatic rings. The van der Waals surface area contributed by atoms with Crippen molar-refractivity contribution in [3.8, 4) is 89.8 Å². The van der Waals surface area contributed by atoms with Crippen molar-refractivity contribution in [2.24, 2.45) is 0 Å². The molecule has 0 fully saturated rings. The molecule has 1 heterocycles. The fourth-order valence-corrected chi connectivity index (χ4v) is 7.71. The van der Waals surface area contributed by atoms with Gasteiger partial charge in [-0.3, -0.25) is 0 Å². The molecule has 0 aliphatic carbocycles. The van der Waals surface area contributed by atoms with Crippen LogP contribution in [-0.2, 0) is 0 Å². The van der Waals surface area contributed by atoms with E-state index in [1.165, 1.54) is 33.0 Å². The van der Waals surface area contributed by atoms with Crippen LogP contribution in [0.2, 0.25) is 0 Å². The van der Waals surface area contributed by atoms with Crippen molar-refractivity contribution in [1.82, 2.24) is 15.0 Å². The minimum Gasteiger partial charge on any atom is -0.225 e. The Hall–Kier alpha value is -6.70. The average molecular weight is 976 g/mol. The first-order valence-corrected chi connectivity index (χ1v) is 19.4. The number of rotatable bonds is 8. The zero-order valence-electron chi connectivity index (χ0n) is 32.0. The van der Waals surface area contributed by atoms with E-state index in [1.807, 2.05) is 54.6 Å². The van der Waals surface area contributed by atoms with Gasteiger partial charge in [-0.05, 0) is 55.8 Å². The van der Waals surface area contributed by atoms with Gasteiger partial charge in [0.05, 0.1) is 0 Å². The summed E-state index contributed by atoms with van der Waals surface area (Å²) in [6.07, 6.45) is 0. The summed E-state index contributed by atoms with van der Waals surface area (Å²) in [5.41, 5.74) is 13.8. The van der Waals surface area contributed by atoms with Crippen LogP contribution in [0.1, 0.15) is 0 Å². The van der Waals surface area contributed by atoms with Crippen molar-refractivity contribution in [3.63, 3.8) is 0 Å². The van der Waals surface area contributed by atoms with Gasteiger partial charge in [-0.2, -0.15) is 30.3 Å². The van der Waals surface area contributed by atoms with Crippen LogP contribution in [0, 0.1) is 43.2 Å². The van der Waals surface area contributed by atoms with Crippen LogP contribution in [0.4, 0.5) is 0 Å². The van der Waals surface area contributed by atoms with Gasteiger partial charge in [0.25, 0.3) is 0 Å². The van der Waals surface area contributed by atoms with Gasteiger partial charge >= 0.3 is 31.1 Å². The molecule has 274 valence electrons. The van der Waals surface area contributed by atoms with Crippen LogP contribution in [0.25, 0.3) is 101 Å². The first-order chi connectivity index (χ1) is 28.7. The van der Waals surface area contributed by atoms with E-state index in [2.05, 4.69) is 170 Å². The fraction of sp³-hybridized carbons (Fsp3) is 0. The van der Waals surface area contributed by atoms with Gasteiger partial charge in [0, 0.05) is 11.1 Å². The van der Waals surface area contributed by atoms with Crippen molar-refractivity contribution in [2.45, 2.75) is 0 Å². The topological polar surface area (TPSA) is 38.7 Å². The summed E-state index contributed by atoms with van der Waals surface area (Å²) in [4.78, 5) is 15.2. The molecule has 0 amide bonds. The predicted octanol–water partition coefficient (Wildman–Crippen LogP) is 14.0. The normalized spacial score (nSPS) is 10.9. The number of benzene rings is 9. The van der Waals surface area contributed by atoms with Gasteiger partial charge in [0.1, 0.15) is 5.82 Å². The molecule has 0 aliphatic heterocycles. The summed E-state index contributed by atoms with van der Waals surface area (Å²) in [6, 6.07) is 80.8. The molecule has 0 aliphatic rings. The molecule has 0 unspecified atom stereocenters. The number of hydrogen-bond acceptors (Lipinski definition) is 3. The molecule has 0 N–H and O–H groups in total. The molecule has 0 saturated carbocycles. The third-order valence-corrected chi connectivity index (χ3v) is 10.6. The molecular weight excluding hydrogens is 941 g/mol. The number of nitrogens with zero attached hydrogens (tertiary/aromatic N) is 3. The second-order valence-electron chi connectivity index (χ2n) is 14.2. The first-order valence-electron chi connectivity index (χ1n) is 19.4. The molecule has 0 bridgehead atoms. The van der Waals surface area contributed by atoms with Gasteiger partial charge in [0.2, 0.25) is 0 Å². The maximum absolute atomic E-state index is 5.12. The SMILES string of the molecule is [U+2].[c-]1ccc(-c2ccc(-c3cccc(-c4ccccc4)c3)c3ccccc23)cc1-c1[c-]cccc1-c1nc(-c2ccccc2)nc(-c2ccc(-c3ccccc3)cc2)n1. The van der Waals surface area contributed by atoms with Crippen LogP contribution < -0.4 is 0 Å². The van der Waals surface area contributed by atoms with Crippen molar-refractivity contribution < 1.29 is 31.1 Å². The fourth-order valence-electron chi connectivity index (χ4n) is 7.71. The van der Waals surface area contributed by atoms with E-state index in [0.717, 1.165) is 50.1 Å². The molecule has 0 saturated heterocycles. The Bertz CT molecular complexity index is 3040. The first kappa shape index (κ1) is 37.9. The quantitative estimate of drug-likeness (QED) is 0.142.